The molecular weight excluding hydrogens is 202 g/mol. The van der Waals surface area contributed by atoms with Crippen LogP contribution in [-0.2, 0) is 6.42 Å². The van der Waals surface area contributed by atoms with Crippen molar-refractivity contribution in [1.82, 2.24) is 0 Å². The lowest BCUT2D eigenvalue weighted by Crippen LogP contribution is -2.01. The van der Waals surface area contributed by atoms with Crippen LogP contribution in [0.4, 0.5) is 0 Å². The third-order valence-electron chi connectivity index (χ3n) is 2.97. The highest BCUT2D eigenvalue weighted by Crippen LogP contribution is 2.35. The van der Waals surface area contributed by atoms with Crippen molar-refractivity contribution in [3.63, 3.8) is 0 Å². The number of nitriles is 1. The fourth-order valence-corrected chi connectivity index (χ4v) is 1.85. The molecule has 3 heteroatoms. The lowest BCUT2D eigenvalue weighted by atomic mass is 9.95. The van der Waals surface area contributed by atoms with Crippen LogP contribution in [0.1, 0.15) is 24.5 Å². The van der Waals surface area contributed by atoms with Gasteiger partial charge >= 0.3 is 0 Å². The number of benzene rings is 1. The van der Waals surface area contributed by atoms with Crippen LogP contribution < -0.4 is 9.47 Å². The first kappa shape index (κ1) is 10.8. The summed E-state index contributed by atoms with van der Waals surface area (Å²) in [6.07, 6.45) is 1.67. The van der Waals surface area contributed by atoms with E-state index in [1.165, 1.54) is 5.56 Å². The van der Waals surface area contributed by atoms with E-state index in [0.29, 0.717) is 6.79 Å². The second-order valence-corrected chi connectivity index (χ2v) is 4.07. The van der Waals surface area contributed by atoms with Gasteiger partial charge in [-0.3, -0.25) is 0 Å². The summed E-state index contributed by atoms with van der Waals surface area (Å²) in [5.41, 5.74) is 2.34. The zero-order chi connectivity index (χ0) is 11.5. The first-order valence-electron chi connectivity index (χ1n) is 5.53. The van der Waals surface area contributed by atoms with Crippen LogP contribution in [0.25, 0.3) is 0 Å². The Morgan fingerprint density at radius 2 is 2.06 bits per heavy atom. The molecule has 1 heterocycles. The molecule has 0 saturated carbocycles. The monoisotopic (exact) mass is 217 g/mol. The van der Waals surface area contributed by atoms with E-state index in [4.69, 9.17) is 14.7 Å². The predicted molar refractivity (Wildman–Crippen MR) is 60.4 cm³/mol. The lowest BCUT2D eigenvalue weighted by Gasteiger charge is -2.10. The summed E-state index contributed by atoms with van der Waals surface area (Å²) in [6.45, 7) is 4.38. The smallest absolute Gasteiger partial charge is 0.231 e. The van der Waals surface area contributed by atoms with Gasteiger partial charge in [0.1, 0.15) is 0 Å². The molecule has 1 unspecified atom stereocenters. The van der Waals surface area contributed by atoms with Crippen molar-refractivity contribution in [1.29, 1.82) is 5.26 Å². The largest absolute Gasteiger partial charge is 0.454 e. The van der Waals surface area contributed by atoms with Gasteiger partial charge in [-0.15, -0.1) is 0 Å². The Morgan fingerprint density at radius 1 is 1.38 bits per heavy atom. The quantitative estimate of drug-likeness (QED) is 0.781. The van der Waals surface area contributed by atoms with E-state index in [2.05, 4.69) is 6.07 Å². The van der Waals surface area contributed by atoms with Gasteiger partial charge < -0.3 is 9.47 Å². The summed E-state index contributed by atoms with van der Waals surface area (Å²) in [7, 11) is 0. The molecule has 0 amide bonds. The first-order chi connectivity index (χ1) is 7.74. The standard InChI is InChI=1S/C13H15NO2/c1-3-10(7-14)5-11-6-13-12(4-9(11)2)15-8-16-13/h4,6,10H,3,5,8H2,1-2H3. The van der Waals surface area contributed by atoms with E-state index in [9.17, 15) is 0 Å². The number of rotatable bonds is 3. The molecule has 84 valence electrons. The van der Waals surface area contributed by atoms with Gasteiger partial charge in [0.2, 0.25) is 6.79 Å². The van der Waals surface area contributed by atoms with Gasteiger partial charge in [0.05, 0.1) is 12.0 Å². The van der Waals surface area contributed by atoms with E-state index < -0.39 is 0 Å². The van der Waals surface area contributed by atoms with Crippen LogP contribution in [0.15, 0.2) is 12.1 Å². The molecule has 0 aromatic heterocycles. The van der Waals surface area contributed by atoms with Crippen molar-refractivity contribution < 1.29 is 9.47 Å². The Kier molecular flexibility index (Phi) is 3.00. The normalized spacial score (nSPS) is 14.6. The first-order valence-corrected chi connectivity index (χ1v) is 5.53. The summed E-state index contributed by atoms with van der Waals surface area (Å²) in [5, 5.41) is 8.97. The highest BCUT2D eigenvalue weighted by molar-refractivity contribution is 5.48. The van der Waals surface area contributed by atoms with Gasteiger partial charge in [-0.25, -0.2) is 0 Å². The second-order valence-electron chi connectivity index (χ2n) is 4.07. The van der Waals surface area contributed by atoms with Crippen LogP contribution in [0, 0.1) is 24.2 Å². The van der Waals surface area contributed by atoms with Crippen molar-refractivity contribution in [2.75, 3.05) is 6.79 Å². The minimum Gasteiger partial charge on any atom is -0.454 e. The Bertz CT molecular complexity index is 434. The Hall–Kier alpha value is -1.69. The van der Waals surface area contributed by atoms with Gasteiger partial charge in [0.25, 0.3) is 0 Å². The molecule has 2 rings (SSSR count). The van der Waals surface area contributed by atoms with E-state index in [1.54, 1.807) is 0 Å². The number of ether oxygens (including phenoxy) is 2. The zero-order valence-electron chi connectivity index (χ0n) is 9.62. The Balaban J connectivity index is 2.25. The SMILES string of the molecule is CCC(C#N)Cc1cc2c(cc1C)OCO2. The number of fused-ring (bicyclic) bond motifs is 1. The minimum absolute atomic E-state index is 0.0825. The molecule has 0 N–H and O–H groups in total. The molecule has 0 saturated heterocycles. The van der Waals surface area contributed by atoms with Crippen LogP contribution >= 0.6 is 0 Å². The molecule has 0 radical (unpaired) electrons. The van der Waals surface area contributed by atoms with Crippen LogP contribution in [0.5, 0.6) is 11.5 Å². The molecular formula is C13H15NO2. The van der Waals surface area contributed by atoms with Crippen molar-refractivity contribution >= 4 is 0 Å². The number of nitrogens with zero attached hydrogens (tertiary/aromatic N) is 1. The molecule has 0 bridgehead atoms. The summed E-state index contributed by atoms with van der Waals surface area (Å²) >= 11 is 0. The summed E-state index contributed by atoms with van der Waals surface area (Å²) in [6, 6.07) is 6.31. The molecule has 16 heavy (non-hydrogen) atoms. The maximum atomic E-state index is 8.97. The second kappa shape index (κ2) is 4.44. The molecule has 3 nitrogen and oxygen atoms in total. The average molecular weight is 217 g/mol. The molecule has 1 aromatic rings. The van der Waals surface area contributed by atoms with Crippen molar-refractivity contribution in [2.45, 2.75) is 26.7 Å². The number of hydrogen-bond donors (Lipinski definition) is 0. The summed E-state index contributed by atoms with van der Waals surface area (Å²) in [5.74, 6) is 1.69. The molecule has 1 atom stereocenters. The van der Waals surface area contributed by atoms with Crippen molar-refractivity contribution in [3.05, 3.63) is 23.3 Å². The third kappa shape index (κ3) is 1.96. The van der Waals surface area contributed by atoms with Crippen molar-refractivity contribution in [3.8, 4) is 17.6 Å². The zero-order valence-corrected chi connectivity index (χ0v) is 9.62. The van der Waals surface area contributed by atoms with Gasteiger partial charge in [-0.05, 0) is 43.0 Å². The maximum absolute atomic E-state index is 8.97. The number of aryl methyl sites for hydroxylation is 1. The number of hydrogen-bond acceptors (Lipinski definition) is 3. The molecule has 1 aliphatic rings. The lowest BCUT2D eigenvalue weighted by molar-refractivity contribution is 0.174. The minimum atomic E-state index is 0.0825. The van der Waals surface area contributed by atoms with Gasteiger partial charge in [-0.2, -0.15) is 5.26 Å². The molecule has 0 aliphatic carbocycles. The molecule has 1 aliphatic heterocycles. The molecule has 0 spiro atoms. The average Bonchev–Trinajstić information content (AvgIpc) is 2.72. The van der Waals surface area contributed by atoms with E-state index in [0.717, 1.165) is 29.9 Å². The molecule has 1 aromatic carbocycles. The van der Waals surface area contributed by atoms with E-state index >= 15 is 0 Å². The Morgan fingerprint density at radius 3 is 2.69 bits per heavy atom. The topological polar surface area (TPSA) is 42.2 Å². The van der Waals surface area contributed by atoms with Crippen LogP contribution in [0.2, 0.25) is 0 Å². The fraction of sp³-hybridized carbons (Fsp3) is 0.462. The van der Waals surface area contributed by atoms with Crippen molar-refractivity contribution in [2.24, 2.45) is 5.92 Å². The van der Waals surface area contributed by atoms with E-state index in [-0.39, 0.29) is 5.92 Å². The fourth-order valence-electron chi connectivity index (χ4n) is 1.85. The van der Waals surface area contributed by atoms with Crippen LogP contribution in [0.3, 0.4) is 0 Å². The highest BCUT2D eigenvalue weighted by atomic mass is 16.7. The van der Waals surface area contributed by atoms with E-state index in [1.807, 2.05) is 26.0 Å². The molecule has 0 fully saturated rings. The van der Waals surface area contributed by atoms with Crippen LogP contribution in [-0.4, -0.2) is 6.79 Å². The Labute approximate surface area is 95.6 Å². The van der Waals surface area contributed by atoms with Gasteiger partial charge in [0, 0.05) is 0 Å². The predicted octanol–water partition coefficient (Wildman–Crippen LogP) is 2.82. The summed E-state index contributed by atoms with van der Waals surface area (Å²) < 4.78 is 10.6. The van der Waals surface area contributed by atoms with Gasteiger partial charge in [0.15, 0.2) is 11.5 Å². The van der Waals surface area contributed by atoms with Gasteiger partial charge in [-0.1, -0.05) is 6.92 Å². The summed E-state index contributed by atoms with van der Waals surface area (Å²) in [4.78, 5) is 0. The maximum Gasteiger partial charge on any atom is 0.231 e. The highest BCUT2D eigenvalue weighted by Gasteiger charge is 2.17. The third-order valence-corrected chi connectivity index (χ3v) is 2.97.